The van der Waals surface area contributed by atoms with Crippen molar-refractivity contribution in [2.45, 2.75) is 20.0 Å². The first-order valence-corrected chi connectivity index (χ1v) is 8.61. The summed E-state index contributed by atoms with van der Waals surface area (Å²) in [6, 6.07) is 0. The van der Waals surface area contributed by atoms with Gasteiger partial charge >= 0.3 is 0 Å². The number of imidazole rings is 1. The van der Waals surface area contributed by atoms with Gasteiger partial charge in [-0.25, -0.2) is 15.0 Å². The number of nitrogens with zero attached hydrogens (tertiary/aromatic N) is 6. The van der Waals surface area contributed by atoms with Gasteiger partial charge in [-0.1, -0.05) is 6.92 Å². The Morgan fingerprint density at radius 1 is 1.17 bits per heavy atom. The van der Waals surface area contributed by atoms with Gasteiger partial charge in [0.15, 0.2) is 0 Å². The summed E-state index contributed by atoms with van der Waals surface area (Å²) < 4.78 is 2.11. The maximum Gasteiger partial charge on any atom is 0.225 e. The van der Waals surface area contributed by atoms with Crippen LogP contribution in [-0.2, 0) is 13.1 Å². The monoisotopic (exact) mass is 329 g/mol. The fourth-order valence-corrected chi connectivity index (χ4v) is 2.89. The van der Waals surface area contributed by atoms with Gasteiger partial charge in [-0.15, -0.1) is 0 Å². The molecular weight excluding hydrogens is 302 g/mol. The fraction of sp³-hybridized carbons (Fsp3) is 0.588. The summed E-state index contributed by atoms with van der Waals surface area (Å²) in [5.41, 5.74) is 1.13. The number of nitrogens with one attached hydrogen (secondary N) is 1. The van der Waals surface area contributed by atoms with E-state index in [0.29, 0.717) is 5.92 Å². The van der Waals surface area contributed by atoms with E-state index in [-0.39, 0.29) is 0 Å². The van der Waals surface area contributed by atoms with Crippen LogP contribution in [-0.4, -0.2) is 64.2 Å². The molecular formula is C17H27N7. The summed E-state index contributed by atoms with van der Waals surface area (Å²) in [5.74, 6) is 1.39. The zero-order chi connectivity index (χ0) is 16.8. The van der Waals surface area contributed by atoms with Gasteiger partial charge in [-0.3, -0.25) is 0 Å². The highest BCUT2D eigenvalue weighted by Crippen LogP contribution is 2.10. The first kappa shape index (κ1) is 16.9. The molecule has 0 amide bonds. The van der Waals surface area contributed by atoms with Crippen molar-refractivity contribution in [2.24, 2.45) is 5.92 Å². The smallest absolute Gasteiger partial charge is 0.225 e. The second kappa shape index (κ2) is 8.21. The third kappa shape index (κ3) is 4.75. The second-order valence-corrected chi connectivity index (χ2v) is 6.68. The molecule has 0 aliphatic carbocycles. The van der Waals surface area contributed by atoms with Gasteiger partial charge in [0.25, 0.3) is 0 Å². The zero-order valence-electron chi connectivity index (χ0n) is 14.6. The van der Waals surface area contributed by atoms with Gasteiger partial charge in [0, 0.05) is 69.6 Å². The Morgan fingerprint density at radius 3 is 2.58 bits per heavy atom. The molecule has 3 rings (SSSR count). The van der Waals surface area contributed by atoms with Crippen LogP contribution in [0.25, 0.3) is 0 Å². The van der Waals surface area contributed by atoms with Crippen LogP contribution in [0.15, 0.2) is 31.1 Å². The van der Waals surface area contributed by atoms with E-state index in [4.69, 9.17) is 0 Å². The largest absolute Gasteiger partial charge is 0.338 e. The van der Waals surface area contributed by atoms with Crippen LogP contribution in [0.2, 0.25) is 0 Å². The molecule has 2 aromatic heterocycles. The van der Waals surface area contributed by atoms with Crippen molar-refractivity contribution in [2.75, 3.05) is 44.7 Å². The highest BCUT2D eigenvalue weighted by atomic mass is 15.3. The number of hydrogen-bond donors (Lipinski definition) is 1. The number of likely N-dealkylation sites (N-methyl/N-ethyl adjacent to an activating group) is 1. The van der Waals surface area contributed by atoms with Gasteiger partial charge < -0.3 is 19.7 Å². The summed E-state index contributed by atoms with van der Waals surface area (Å²) in [4.78, 5) is 17.7. The molecule has 0 radical (unpaired) electrons. The van der Waals surface area contributed by atoms with E-state index < -0.39 is 0 Å². The van der Waals surface area contributed by atoms with Crippen molar-refractivity contribution < 1.29 is 0 Å². The molecule has 7 nitrogen and oxygen atoms in total. The summed E-state index contributed by atoms with van der Waals surface area (Å²) >= 11 is 0. The molecule has 3 heterocycles. The molecule has 1 saturated heterocycles. The molecule has 1 fully saturated rings. The predicted molar refractivity (Wildman–Crippen MR) is 94.8 cm³/mol. The molecule has 130 valence electrons. The molecule has 7 heteroatoms. The van der Waals surface area contributed by atoms with Crippen LogP contribution in [0.5, 0.6) is 0 Å². The summed E-state index contributed by atoms with van der Waals surface area (Å²) in [7, 11) is 2.15. The number of hydrogen-bond acceptors (Lipinski definition) is 6. The van der Waals surface area contributed by atoms with Crippen molar-refractivity contribution >= 4 is 5.95 Å². The topological polar surface area (TPSA) is 62.1 Å². The summed E-state index contributed by atoms with van der Waals surface area (Å²) in [5, 5.41) is 3.48. The van der Waals surface area contributed by atoms with Gasteiger partial charge in [-0.2, -0.15) is 0 Å². The third-order valence-electron chi connectivity index (χ3n) is 4.38. The number of aromatic nitrogens is 4. The van der Waals surface area contributed by atoms with Crippen LogP contribution in [0.3, 0.4) is 0 Å². The lowest BCUT2D eigenvalue weighted by Crippen LogP contribution is -2.45. The molecule has 1 N–H and O–H groups in total. The standard InChI is InChI=1S/C17H27N7/c1-15(13-23-4-3-18-14-23)9-19-10-16-11-20-17(21-12-16)24-7-5-22(2)6-8-24/h3-4,11-12,14-15,19H,5-10,13H2,1-2H3/t15-/m1/s1. The number of piperazine rings is 1. The van der Waals surface area contributed by atoms with E-state index in [1.807, 2.05) is 31.1 Å². The lowest BCUT2D eigenvalue weighted by molar-refractivity contribution is 0.311. The van der Waals surface area contributed by atoms with Gasteiger partial charge in [-0.05, 0) is 19.5 Å². The van der Waals surface area contributed by atoms with Gasteiger partial charge in [0.2, 0.25) is 5.95 Å². The normalized spacial score (nSPS) is 17.2. The van der Waals surface area contributed by atoms with E-state index in [2.05, 4.69) is 48.6 Å². The van der Waals surface area contributed by atoms with E-state index in [0.717, 1.165) is 57.3 Å². The Morgan fingerprint density at radius 2 is 1.92 bits per heavy atom. The first-order valence-electron chi connectivity index (χ1n) is 8.61. The van der Waals surface area contributed by atoms with E-state index in [1.54, 1.807) is 0 Å². The molecule has 0 saturated carbocycles. The molecule has 1 atom stereocenters. The van der Waals surface area contributed by atoms with Crippen LogP contribution >= 0.6 is 0 Å². The predicted octanol–water partition coefficient (Wildman–Crippen LogP) is 0.851. The minimum atomic E-state index is 0.546. The highest BCUT2D eigenvalue weighted by molar-refractivity contribution is 5.30. The average Bonchev–Trinajstić information content (AvgIpc) is 3.09. The fourth-order valence-electron chi connectivity index (χ4n) is 2.89. The molecule has 0 aromatic carbocycles. The van der Waals surface area contributed by atoms with Crippen molar-refractivity contribution in [1.29, 1.82) is 0 Å². The summed E-state index contributed by atoms with van der Waals surface area (Å²) in [6.45, 7) is 9.12. The Balaban J connectivity index is 1.41. The van der Waals surface area contributed by atoms with Crippen LogP contribution < -0.4 is 10.2 Å². The number of anilines is 1. The summed E-state index contributed by atoms with van der Waals surface area (Å²) in [6.07, 6.45) is 9.56. The number of rotatable bonds is 7. The van der Waals surface area contributed by atoms with Crippen molar-refractivity contribution in [3.8, 4) is 0 Å². The van der Waals surface area contributed by atoms with Crippen molar-refractivity contribution in [1.82, 2.24) is 29.7 Å². The maximum absolute atomic E-state index is 4.53. The molecule has 0 spiro atoms. The van der Waals surface area contributed by atoms with E-state index in [9.17, 15) is 0 Å². The van der Waals surface area contributed by atoms with E-state index >= 15 is 0 Å². The van der Waals surface area contributed by atoms with Crippen LogP contribution in [0, 0.1) is 5.92 Å². The molecule has 24 heavy (non-hydrogen) atoms. The lowest BCUT2D eigenvalue weighted by Gasteiger charge is -2.32. The molecule has 0 bridgehead atoms. The SMILES string of the molecule is C[C@H](CNCc1cnc(N2CCN(C)CC2)nc1)Cn1ccnc1. The zero-order valence-corrected chi connectivity index (χ0v) is 14.6. The Bertz CT molecular complexity index is 588. The van der Waals surface area contributed by atoms with Gasteiger partial charge in [0.05, 0.1) is 6.33 Å². The average molecular weight is 329 g/mol. The highest BCUT2D eigenvalue weighted by Gasteiger charge is 2.16. The van der Waals surface area contributed by atoms with E-state index in [1.165, 1.54) is 0 Å². The Hall–Kier alpha value is -1.99. The quantitative estimate of drug-likeness (QED) is 0.813. The molecule has 1 aliphatic rings. The minimum absolute atomic E-state index is 0.546. The van der Waals surface area contributed by atoms with Crippen LogP contribution in [0.1, 0.15) is 12.5 Å². The molecule has 2 aromatic rings. The second-order valence-electron chi connectivity index (χ2n) is 6.68. The van der Waals surface area contributed by atoms with Crippen LogP contribution in [0.4, 0.5) is 5.95 Å². The first-order chi connectivity index (χ1) is 11.7. The molecule has 0 unspecified atom stereocenters. The van der Waals surface area contributed by atoms with Crippen molar-refractivity contribution in [3.63, 3.8) is 0 Å². The maximum atomic E-state index is 4.53. The van der Waals surface area contributed by atoms with Crippen molar-refractivity contribution in [3.05, 3.63) is 36.7 Å². The minimum Gasteiger partial charge on any atom is -0.338 e. The Kier molecular flexibility index (Phi) is 5.77. The Labute approximate surface area is 143 Å². The third-order valence-corrected chi connectivity index (χ3v) is 4.38. The van der Waals surface area contributed by atoms with Gasteiger partial charge in [0.1, 0.15) is 0 Å². The lowest BCUT2D eigenvalue weighted by atomic mass is 10.2. The molecule has 1 aliphatic heterocycles.